The van der Waals surface area contributed by atoms with Crippen LogP contribution >= 0.6 is 11.8 Å². The Morgan fingerprint density at radius 2 is 1.71 bits per heavy atom. The maximum atomic E-state index is 12.4. The molecule has 8 nitrogen and oxygen atoms in total. The third-order valence-corrected chi connectivity index (χ3v) is 5.79. The van der Waals surface area contributed by atoms with E-state index in [1.165, 1.54) is 11.8 Å². The van der Waals surface area contributed by atoms with Gasteiger partial charge in [-0.05, 0) is 61.0 Å². The Balaban J connectivity index is 1.38. The lowest BCUT2D eigenvalue weighted by molar-refractivity contribution is -0.118. The number of thioether (sulfide) groups is 1. The van der Waals surface area contributed by atoms with E-state index in [1.807, 2.05) is 96.4 Å². The van der Waals surface area contributed by atoms with E-state index < -0.39 is 0 Å². The van der Waals surface area contributed by atoms with Gasteiger partial charge in [0.2, 0.25) is 0 Å². The van der Waals surface area contributed by atoms with Crippen molar-refractivity contribution in [1.29, 1.82) is 0 Å². The van der Waals surface area contributed by atoms with Crippen LogP contribution in [0.2, 0.25) is 0 Å². The number of para-hydroxylation sites is 2. The molecule has 0 bridgehead atoms. The fourth-order valence-electron chi connectivity index (χ4n) is 3.24. The highest BCUT2D eigenvalue weighted by Crippen LogP contribution is 2.22. The van der Waals surface area contributed by atoms with Crippen molar-refractivity contribution in [2.75, 3.05) is 17.7 Å². The molecular weight excluding hydrogens is 460 g/mol. The first kappa shape index (κ1) is 24.0. The highest BCUT2D eigenvalue weighted by molar-refractivity contribution is 7.99. The predicted octanol–water partition coefficient (Wildman–Crippen LogP) is 4.52. The summed E-state index contributed by atoms with van der Waals surface area (Å²) in [5.41, 5.74) is 5.35. The highest BCUT2D eigenvalue weighted by atomic mass is 32.2. The van der Waals surface area contributed by atoms with Crippen LogP contribution in [0.25, 0.3) is 5.69 Å². The second-order valence-electron chi connectivity index (χ2n) is 7.37. The van der Waals surface area contributed by atoms with Gasteiger partial charge in [-0.3, -0.25) is 9.36 Å². The largest absolute Gasteiger partial charge is 0.494 e. The molecule has 4 rings (SSSR count). The molecule has 1 aromatic heterocycles. The fraction of sp³-hybridized carbons (Fsp3) is 0.154. The van der Waals surface area contributed by atoms with Gasteiger partial charge in [0.05, 0.1) is 25.1 Å². The second-order valence-corrected chi connectivity index (χ2v) is 8.32. The number of hydrazone groups is 1. The van der Waals surface area contributed by atoms with E-state index in [-0.39, 0.29) is 11.7 Å². The molecule has 1 heterocycles. The van der Waals surface area contributed by atoms with Crippen molar-refractivity contribution < 1.29 is 9.53 Å². The summed E-state index contributed by atoms with van der Waals surface area (Å²) < 4.78 is 7.38. The van der Waals surface area contributed by atoms with E-state index in [1.54, 1.807) is 6.21 Å². The predicted molar refractivity (Wildman–Crippen MR) is 139 cm³/mol. The number of rotatable bonds is 11. The summed E-state index contributed by atoms with van der Waals surface area (Å²) in [5, 5.41) is 16.7. The van der Waals surface area contributed by atoms with Crippen LogP contribution in [0.3, 0.4) is 0 Å². The number of anilines is 1. The molecule has 0 fully saturated rings. The second kappa shape index (κ2) is 12.4. The van der Waals surface area contributed by atoms with Gasteiger partial charge < -0.3 is 10.1 Å². The van der Waals surface area contributed by atoms with Gasteiger partial charge in [-0.15, -0.1) is 10.2 Å². The topological polar surface area (TPSA) is 93.4 Å². The molecule has 2 N–H and O–H groups in total. The molecule has 3 aromatic carbocycles. The summed E-state index contributed by atoms with van der Waals surface area (Å²) in [7, 11) is 0. The maximum Gasteiger partial charge on any atom is 0.250 e. The quantitative estimate of drug-likeness (QED) is 0.184. The summed E-state index contributed by atoms with van der Waals surface area (Å²) in [6.45, 7) is 3.04. The summed E-state index contributed by atoms with van der Waals surface area (Å²) in [6, 6.07) is 27.2. The summed E-state index contributed by atoms with van der Waals surface area (Å²) in [6.07, 6.45) is 1.60. The van der Waals surface area contributed by atoms with Crippen molar-refractivity contribution in [3.63, 3.8) is 0 Å². The zero-order chi connectivity index (χ0) is 24.3. The smallest absolute Gasteiger partial charge is 0.250 e. The minimum absolute atomic E-state index is 0.150. The summed E-state index contributed by atoms with van der Waals surface area (Å²) >= 11 is 1.31. The van der Waals surface area contributed by atoms with Crippen LogP contribution in [-0.2, 0) is 11.3 Å². The van der Waals surface area contributed by atoms with Crippen LogP contribution in [0, 0.1) is 0 Å². The van der Waals surface area contributed by atoms with Gasteiger partial charge in [-0.2, -0.15) is 5.10 Å². The molecule has 0 aliphatic heterocycles. The van der Waals surface area contributed by atoms with Crippen LogP contribution in [-0.4, -0.2) is 39.2 Å². The Kier molecular flexibility index (Phi) is 8.50. The van der Waals surface area contributed by atoms with Crippen molar-refractivity contribution in [3.05, 3.63) is 96.3 Å². The number of hydrogen-bond acceptors (Lipinski definition) is 7. The Bertz CT molecular complexity index is 1240. The van der Waals surface area contributed by atoms with E-state index in [0.717, 1.165) is 28.5 Å². The number of benzene rings is 3. The lowest BCUT2D eigenvalue weighted by Crippen LogP contribution is -2.20. The fourth-order valence-corrected chi connectivity index (χ4v) is 4.00. The summed E-state index contributed by atoms with van der Waals surface area (Å²) in [4.78, 5) is 12.4. The molecule has 0 saturated carbocycles. The lowest BCUT2D eigenvalue weighted by Gasteiger charge is -2.11. The minimum atomic E-state index is -0.233. The van der Waals surface area contributed by atoms with Gasteiger partial charge in [0.15, 0.2) is 11.0 Å². The monoisotopic (exact) mass is 486 g/mol. The zero-order valence-electron chi connectivity index (χ0n) is 19.3. The van der Waals surface area contributed by atoms with Gasteiger partial charge in [0.25, 0.3) is 5.91 Å². The van der Waals surface area contributed by atoms with Gasteiger partial charge >= 0.3 is 0 Å². The Morgan fingerprint density at radius 3 is 2.43 bits per heavy atom. The third kappa shape index (κ3) is 6.94. The average molecular weight is 487 g/mol. The molecule has 1 amide bonds. The summed E-state index contributed by atoms with van der Waals surface area (Å²) in [5.74, 6) is 1.46. The van der Waals surface area contributed by atoms with E-state index in [2.05, 4.69) is 26.0 Å². The van der Waals surface area contributed by atoms with Crippen LogP contribution in [0.15, 0.2) is 95.2 Å². The lowest BCUT2D eigenvalue weighted by atomic mass is 10.2. The Labute approximate surface area is 208 Å². The average Bonchev–Trinajstić information content (AvgIpc) is 3.31. The molecule has 0 atom stereocenters. The van der Waals surface area contributed by atoms with Crippen molar-refractivity contribution in [3.8, 4) is 11.4 Å². The molecule has 0 spiro atoms. The number of nitrogens with zero attached hydrogens (tertiary/aromatic N) is 4. The number of carbonyl (C=O) groups excluding carboxylic acids is 1. The number of ether oxygens (including phenoxy) is 1. The first-order valence-electron chi connectivity index (χ1n) is 11.2. The van der Waals surface area contributed by atoms with Crippen LogP contribution in [0.4, 0.5) is 5.69 Å². The van der Waals surface area contributed by atoms with Crippen LogP contribution in [0.1, 0.15) is 18.3 Å². The third-order valence-electron chi connectivity index (χ3n) is 4.87. The van der Waals surface area contributed by atoms with E-state index in [0.29, 0.717) is 18.3 Å². The minimum Gasteiger partial charge on any atom is -0.494 e. The van der Waals surface area contributed by atoms with Crippen molar-refractivity contribution >= 4 is 29.6 Å². The number of hydrogen-bond donors (Lipinski definition) is 2. The molecule has 0 radical (unpaired) electrons. The number of nitrogens with one attached hydrogen (secondary N) is 2. The molecule has 178 valence electrons. The van der Waals surface area contributed by atoms with E-state index in [4.69, 9.17) is 4.74 Å². The number of aromatic nitrogens is 3. The Morgan fingerprint density at radius 1 is 1.00 bits per heavy atom. The van der Waals surface area contributed by atoms with Crippen LogP contribution in [0.5, 0.6) is 5.75 Å². The first-order valence-corrected chi connectivity index (χ1v) is 12.2. The normalized spacial score (nSPS) is 10.9. The van der Waals surface area contributed by atoms with Crippen LogP contribution < -0.4 is 15.5 Å². The molecule has 4 aromatic rings. The van der Waals surface area contributed by atoms with E-state index >= 15 is 0 Å². The zero-order valence-corrected chi connectivity index (χ0v) is 20.1. The van der Waals surface area contributed by atoms with Crippen molar-refractivity contribution in [2.24, 2.45) is 5.10 Å². The van der Waals surface area contributed by atoms with Gasteiger partial charge in [-0.25, -0.2) is 5.43 Å². The van der Waals surface area contributed by atoms with Gasteiger partial charge in [-0.1, -0.05) is 48.2 Å². The standard InChI is InChI=1S/C26H26N6O2S/c1-2-34-23-15-13-20(14-16-23)17-28-30-25(33)19-35-26-31-29-24(18-27-21-9-5-3-6-10-21)32(26)22-11-7-4-8-12-22/h3-17,27H,2,18-19H2,1H3,(H,30,33)/b28-17-. The molecule has 35 heavy (non-hydrogen) atoms. The number of carbonyl (C=O) groups is 1. The highest BCUT2D eigenvalue weighted by Gasteiger charge is 2.15. The molecule has 9 heteroatoms. The SMILES string of the molecule is CCOc1ccc(/C=N\NC(=O)CSc2nnc(CNc3ccccc3)n2-c2ccccc2)cc1. The van der Waals surface area contributed by atoms with Gasteiger partial charge in [0.1, 0.15) is 5.75 Å². The molecule has 0 unspecified atom stereocenters. The number of amides is 1. The van der Waals surface area contributed by atoms with Crippen molar-refractivity contribution in [2.45, 2.75) is 18.6 Å². The van der Waals surface area contributed by atoms with Gasteiger partial charge in [0, 0.05) is 11.4 Å². The first-order chi connectivity index (χ1) is 17.2. The molecule has 0 aliphatic carbocycles. The molecule has 0 saturated heterocycles. The molecular formula is C26H26N6O2S. The van der Waals surface area contributed by atoms with E-state index in [9.17, 15) is 4.79 Å². The van der Waals surface area contributed by atoms with Crippen molar-refractivity contribution in [1.82, 2.24) is 20.2 Å². The maximum absolute atomic E-state index is 12.4. The Hall–Kier alpha value is -4.11. The molecule has 0 aliphatic rings.